The van der Waals surface area contributed by atoms with Crippen molar-refractivity contribution in [1.29, 1.82) is 0 Å². The van der Waals surface area contributed by atoms with Crippen molar-refractivity contribution < 1.29 is 27.4 Å². The van der Waals surface area contributed by atoms with E-state index in [1.165, 1.54) is 24.2 Å². The predicted octanol–water partition coefficient (Wildman–Crippen LogP) is 6.15. The van der Waals surface area contributed by atoms with Gasteiger partial charge >= 0.3 is 12.1 Å². The monoisotopic (exact) mass is 565 g/mol. The molecule has 0 radical (unpaired) electrons. The highest BCUT2D eigenvalue weighted by Gasteiger charge is 2.42. The van der Waals surface area contributed by atoms with E-state index in [0.717, 1.165) is 0 Å². The van der Waals surface area contributed by atoms with Gasteiger partial charge in [-0.15, -0.1) is 0 Å². The highest BCUT2D eigenvalue weighted by molar-refractivity contribution is 7.98. The lowest BCUT2D eigenvalue weighted by Crippen LogP contribution is -2.35. The van der Waals surface area contributed by atoms with Gasteiger partial charge in [0.25, 0.3) is 0 Å². The number of alkyl halides is 3. The Balaban J connectivity index is 0.00000205. The molecule has 1 aliphatic rings. The van der Waals surface area contributed by atoms with Crippen LogP contribution >= 0.6 is 11.8 Å². The van der Waals surface area contributed by atoms with Gasteiger partial charge in [-0.05, 0) is 61.9 Å². The van der Waals surface area contributed by atoms with Crippen molar-refractivity contribution >= 4 is 40.1 Å². The van der Waals surface area contributed by atoms with Crippen molar-refractivity contribution in [1.82, 2.24) is 15.0 Å². The van der Waals surface area contributed by atoms with Crippen LogP contribution in [0.3, 0.4) is 0 Å². The van der Waals surface area contributed by atoms with E-state index in [2.05, 4.69) is 20.3 Å². The van der Waals surface area contributed by atoms with Crippen LogP contribution in [-0.2, 0) is 16.7 Å². The Morgan fingerprint density at radius 2 is 1.90 bits per heavy atom. The van der Waals surface area contributed by atoms with Crippen LogP contribution in [-0.4, -0.2) is 51.3 Å². The summed E-state index contributed by atoms with van der Waals surface area (Å²) in [5.41, 5.74) is 7.15. The normalized spacial score (nSPS) is 16.1. The number of anilines is 2. The van der Waals surface area contributed by atoms with E-state index in [1.807, 2.05) is 13.8 Å². The second-order valence-corrected chi connectivity index (χ2v) is 10.5. The van der Waals surface area contributed by atoms with Gasteiger partial charge in [0.1, 0.15) is 17.7 Å². The molecule has 0 fully saturated rings. The number of fused-ring (bicyclic) bond motifs is 2. The quantitative estimate of drug-likeness (QED) is 0.310. The molecule has 4 rings (SSSR count). The number of carbonyl (C=O) groups is 1. The van der Waals surface area contributed by atoms with Gasteiger partial charge in [-0.1, -0.05) is 13.8 Å². The number of aromatic nitrogens is 3. The smallest absolute Gasteiger partial charge is 0.425 e. The molecular formula is C27H34F3N5O3S. The van der Waals surface area contributed by atoms with E-state index in [1.54, 1.807) is 45.2 Å². The van der Waals surface area contributed by atoms with Crippen molar-refractivity contribution in [2.24, 2.45) is 5.73 Å². The molecule has 3 aromatic rings. The van der Waals surface area contributed by atoms with Crippen molar-refractivity contribution in [2.75, 3.05) is 17.3 Å². The zero-order chi connectivity index (χ0) is 29.0. The fourth-order valence-electron chi connectivity index (χ4n) is 4.04. The van der Waals surface area contributed by atoms with E-state index in [-0.39, 0.29) is 24.2 Å². The molecule has 212 valence electrons. The number of ether oxygens (including phenoxy) is 2. The first-order valence-corrected chi connectivity index (χ1v) is 14.0. The van der Waals surface area contributed by atoms with E-state index in [4.69, 9.17) is 15.2 Å². The standard InChI is InChI=1S/C25H28F3N5O3S.C2H6/c1-13-9-18-14(23(34)35-13)5-6-20(32-18)33-21-10-15-16(11-30-21)22(31-12-17(15)24(2,3)29)36-19(7-8-37-4)25(26,27)28;1-2/h5-6,10-13,19H,7-9,29H2,1-4H3,(H,30,32,33);1-2H3. The summed E-state index contributed by atoms with van der Waals surface area (Å²) in [6.45, 7) is 9.35. The number of rotatable bonds is 8. The predicted molar refractivity (Wildman–Crippen MR) is 148 cm³/mol. The number of pyridine rings is 3. The van der Waals surface area contributed by atoms with E-state index >= 15 is 0 Å². The molecule has 0 saturated carbocycles. The number of halogens is 3. The molecular weight excluding hydrogens is 531 g/mol. The number of carbonyl (C=O) groups excluding carboxylic acids is 1. The molecule has 39 heavy (non-hydrogen) atoms. The third-order valence-electron chi connectivity index (χ3n) is 5.87. The Hall–Kier alpha value is -3.12. The number of nitrogens with zero attached hydrogens (tertiary/aromatic N) is 3. The first-order valence-electron chi connectivity index (χ1n) is 12.6. The summed E-state index contributed by atoms with van der Waals surface area (Å²) in [6.07, 6.45) is -1.97. The van der Waals surface area contributed by atoms with Crippen LogP contribution in [0.1, 0.15) is 62.7 Å². The van der Waals surface area contributed by atoms with Crippen LogP contribution in [0.4, 0.5) is 24.8 Å². The summed E-state index contributed by atoms with van der Waals surface area (Å²) in [5, 5.41) is 3.97. The highest BCUT2D eigenvalue weighted by Crippen LogP contribution is 2.35. The zero-order valence-corrected chi connectivity index (χ0v) is 23.7. The van der Waals surface area contributed by atoms with Gasteiger partial charge in [-0.25, -0.2) is 19.7 Å². The van der Waals surface area contributed by atoms with Crippen LogP contribution in [0.25, 0.3) is 10.8 Å². The summed E-state index contributed by atoms with van der Waals surface area (Å²) in [6, 6.07) is 4.95. The number of thioether (sulfide) groups is 1. The maximum Gasteiger partial charge on any atom is 0.425 e. The lowest BCUT2D eigenvalue weighted by atomic mass is 9.93. The summed E-state index contributed by atoms with van der Waals surface area (Å²) < 4.78 is 51.5. The van der Waals surface area contributed by atoms with Crippen LogP contribution in [0.2, 0.25) is 0 Å². The first-order chi connectivity index (χ1) is 18.4. The lowest BCUT2D eigenvalue weighted by Gasteiger charge is -2.25. The van der Waals surface area contributed by atoms with Gasteiger partial charge in [0.05, 0.1) is 16.6 Å². The van der Waals surface area contributed by atoms with Crippen molar-refractivity contribution in [3.05, 3.63) is 47.4 Å². The minimum atomic E-state index is -4.55. The molecule has 2 unspecified atom stereocenters. The number of nitrogens with two attached hydrogens (primary N) is 1. The Bertz CT molecular complexity index is 1310. The minimum absolute atomic E-state index is 0.162. The van der Waals surface area contributed by atoms with Gasteiger partial charge in [-0.2, -0.15) is 24.9 Å². The minimum Gasteiger partial charge on any atom is -0.464 e. The Kier molecular flexibility index (Phi) is 9.65. The van der Waals surface area contributed by atoms with Crippen LogP contribution in [0, 0.1) is 0 Å². The van der Waals surface area contributed by atoms with Gasteiger partial charge in [-0.3, -0.25) is 0 Å². The average Bonchev–Trinajstić information content (AvgIpc) is 2.85. The molecule has 0 aromatic carbocycles. The summed E-state index contributed by atoms with van der Waals surface area (Å²) in [7, 11) is 0. The largest absolute Gasteiger partial charge is 0.464 e. The molecule has 1 aliphatic heterocycles. The highest BCUT2D eigenvalue weighted by atomic mass is 32.2. The molecule has 2 atom stereocenters. The summed E-state index contributed by atoms with van der Waals surface area (Å²) >= 11 is 1.31. The molecule has 0 amide bonds. The van der Waals surface area contributed by atoms with Gasteiger partial charge < -0.3 is 20.5 Å². The Morgan fingerprint density at radius 3 is 2.54 bits per heavy atom. The van der Waals surface area contributed by atoms with E-state index < -0.39 is 23.8 Å². The van der Waals surface area contributed by atoms with Crippen LogP contribution < -0.4 is 15.8 Å². The van der Waals surface area contributed by atoms with Crippen LogP contribution in [0.15, 0.2) is 30.6 Å². The number of nitrogens with one attached hydrogen (secondary N) is 1. The first kappa shape index (κ1) is 30.4. The third-order valence-corrected chi connectivity index (χ3v) is 6.52. The molecule has 8 nitrogen and oxygen atoms in total. The molecule has 3 N–H and O–H groups in total. The fourth-order valence-corrected chi connectivity index (χ4v) is 4.49. The van der Waals surface area contributed by atoms with Gasteiger partial charge in [0.15, 0.2) is 6.10 Å². The third kappa shape index (κ3) is 7.30. The fraction of sp³-hybridized carbons (Fsp3) is 0.481. The molecule has 3 aromatic heterocycles. The zero-order valence-electron chi connectivity index (χ0n) is 22.8. The molecule has 4 heterocycles. The van der Waals surface area contributed by atoms with E-state index in [9.17, 15) is 18.0 Å². The second kappa shape index (κ2) is 12.4. The van der Waals surface area contributed by atoms with Crippen molar-refractivity contribution in [2.45, 2.75) is 71.4 Å². The maximum absolute atomic E-state index is 13.6. The topological polar surface area (TPSA) is 112 Å². The molecule has 0 saturated heterocycles. The Labute approximate surface area is 230 Å². The number of cyclic esters (lactones) is 1. The molecule has 0 bridgehead atoms. The molecule has 0 spiro atoms. The van der Waals surface area contributed by atoms with Crippen molar-refractivity contribution in [3.63, 3.8) is 0 Å². The molecule has 12 heteroatoms. The average molecular weight is 566 g/mol. The number of hydrogen-bond donors (Lipinski definition) is 2. The SMILES string of the molecule is CC.CSCCC(Oc1ncc(C(C)(C)N)c2cc(Nc3ccc4c(n3)CC(C)OC4=O)ncc12)C(F)(F)F. The number of hydrogen-bond acceptors (Lipinski definition) is 9. The second-order valence-electron chi connectivity index (χ2n) is 9.48. The summed E-state index contributed by atoms with van der Waals surface area (Å²) in [4.78, 5) is 25.2. The van der Waals surface area contributed by atoms with Crippen LogP contribution in [0.5, 0.6) is 5.88 Å². The Morgan fingerprint density at radius 1 is 1.18 bits per heavy atom. The lowest BCUT2D eigenvalue weighted by molar-refractivity contribution is -0.195. The van der Waals surface area contributed by atoms with E-state index in [0.29, 0.717) is 45.6 Å². The van der Waals surface area contributed by atoms with Gasteiger partial charge in [0.2, 0.25) is 5.88 Å². The van der Waals surface area contributed by atoms with Crippen molar-refractivity contribution in [3.8, 4) is 5.88 Å². The maximum atomic E-state index is 13.6. The molecule has 0 aliphatic carbocycles. The number of esters is 1. The summed E-state index contributed by atoms with van der Waals surface area (Å²) in [5.74, 6) is 0.558. The van der Waals surface area contributed by atoms with Gasteiger partial charge in [0, 0.05) is 30.8 Å².